The highest BCUT2D eigenvalue weighted by atomic mass is 15.1. The van der Waals surface area contributed by atoms with Crippen molar-refractivity contribution in [2.24, 2.45) is 0 Å². The van der Waals surface area contributed by atoms with Crippen LogP contribution in [0.3, 0.4) is 0 Å². The van der Waals surface area contributed by atoms with E-state index in [4.69, 9.17) is 31.5 Å². The largest absolute Gasteiger partial charge is 0.289 e. The number of hydrogen-bond donors (Lipinski definition) is 0. The third kappa shape index (κ3) is 3.48. The number of nitrogens with zero attached hydrogens (tertiary/aromatic N) is 7. The van der Waals surface area contributed by atoms with Crippen molar-refractivity contribution < 1.29 is 0 Å². The molecule has 4 aromatic carbocycles. The quantitative estimate of drug-likeness (QED) is 0.264. The van der Waals surface area contributed by atoms with Crippen LogP contribution >= 0.6 is 0 Å². The molecule has 172 valence electrons. The van der Waals surface area contributed by atoms with Crippen LogP contribution in [0.1, 0.15) is 0 Å². The molecule has 0 amide bonds. The van der Waals surface area contributed by atoms with E-state index < -0.39 is 0 Å². The first-order valence-electron chi connectivity index (χ1n) is 11.7. The third-order valence-corrected chi connectivity index (χ3v) is 6.25. The number of fused-ring (bicyclic) bond motifs is 5. The van der Waals surface area contributed by atoms with Crippen LogP contribution < -0.4 is 0 Å². The predicted octanol–water partition coefficient (Wildman–Crippen LogP) is 6.77. The first-order chi connectivity index (χ1) is 18.3. The second-order valence-corrected chi connectivity index (χ2v) is 8.54. The normalized spacial score (nSPS) is 11.2. The van der Waals surface area contributed by atoms with Gasteiger partial charge in [-0.2, -0.15) is 0 Å². The summed E-state index contributed by atoms with van der Waals surface area (Å²) >= 11 is 0. The lowest BCUT2D eigenvalue weighted by Gasteiger charge is -2.10. The molecule has 7 rings (SSSR count). The maximum Gasteiger partial charge on any atom is 0.189 e. The van der Waals surface area contributed by atoms with Crippen LogP contribution in [-0.4, -0.2) is 29.3 Å². The van der Waals surface area contributed by atoms with Gasteiger partial charge in [0.15, 0.2) is 34.5 Å². The Balaban J connectivity index is 1.58. The van der Waals surface area contributed by atoms with Crippen molar-refractivity contribution in [2.45, 2.75) is 0 Å². The van der Waals surface area contributed by atoms with E-state index in [1.165, 1.54) is 0 Å². The van der Waals surface area contributed by atoms with E-state index in [0.717, 1.165) is 27.7 Å². The summed E-state index contributed by atoms with van der Waals surface area (Å²) in [4.78, 5) is 28.0. The Morgan fingerprint density at radius 3 is 1.81 bits per heavy atom. The zero-order chi connectivity index (χ0) is 24.8. The molecule has 0 unspecified atom stereocenters. The van der Waals surface area contributed by atoms with Crippen LogP contribution in [0.4, 0.5) is 5.69 Å². The SMILES string of the molecule is [C-]#[N+]c1ccc2c(c1)nc1c(-c3nc(-c4ccccc4)nc(-c4ccccc4)n3)nc3ccccc3n12. The number of benzene rings is 4. The Morgan fingerprint density at radius 2 is 1.14 bits per heavy atom. The lowest BCUT2D eigenvalue weighted by atomic mass is 10.2. The molecule has 0 bridgehead atoms. The Labute approximate surface area is 211 Å². The van der Waals surface area contributed by atoms with Gasteiger partial charge in [0.05, 0.1) is 28.6 Å². The lowest BCUT2D eigenvalue weighted by molar-refractivity contribution is 1.06. The number of rotatable bonds is 3. The van der Waals surface area contributed by atoms with Crippen LogP contribution in [0.5, 0.6) is 0 Å². The van der Waals surface area contributed by atoms with Gasteiger partial charge in [0.1, 0.15) is 0 Å². The van der Waals surface area contributed by atoms with Crippen molar-refractivity contribution >= 4 is 33.4 Å². The monoisotopic (exact) mass is 475 g/mol. The smallest absolute Gasteiger partial charge is 0.189 e. The molecule has 0 atom stereocenters. The van der Waals surface area contributed by atoms with Gasteiger partial charge in [-0.25, -0.2) is 29.8 Å². The van der Waals surface area contributed by atoms with Gasteiger partial charge < -0.3 is 0 Å². The molecule has 7 heteroatoms. The van der Waals surface area contributed by atoms with E-state index in [0.29, 0.717) is 40.0 Å². The molecule has 0 aliphatic heterocycles. The number of aromatic nitrogens is 6. The number of hydrogen-bond acceptors (Lipinski definition) is 5. The highest BCUT2D eigenvalue weighted by Gasteiger charge is 2.20. The first-order valence-corrected chi connectivity index (χ1v) is 11.7. The summed E-state index contributed by atoms with van der Waals surface area (Å²) in [5.74, 6) is 1.55. The molecule has 0 saturated heterocycles. The predicted molar refractivity (Wildman–Crippen MR) is 144 cm³/mol. The standard InChI is InChI=1S/C30H17N7/c1-31-21-16-17-25-23(18-21)33-30-26(32-22-14-8-9-15-24(22)37(25)30)29-35-27(19-10-4-2-5-11-19)34-28(36-29)20-12-6-3-7-13-20/h2-18H. The van der Waals surface area contributed by atoms with Gasteiger partial charge >= 0.3 is 0 Å². The average molecular weight is 476 g/mol. The van der Waals surface area contributed by atoms with Gasteiger partial charge in [0.25, 0.3) is 0 Å². The summed E-state index contributed by atoms with van der Waals surface area (Å²) in [5.41, 5.74) is 6.80. The average Bonchev–Trinajstić information content (AvgIpc) is 3.36. The van der Waals surface area contributed by atoms with Crippen LogP contribution in [0.25, 0.3) is 66.9 Å². The Bertz CT molecular complexity index is 1930. The first kappa shape index (κ1) is 20.9. The summed E-state index contributed by atoms with van der Waals surface area (Å²) in [6.45, 7) is 7.42. The fourth-order valence-electron chi connectivity index (χ4n) is 4.52. The minimum absolute atomic E-state index is 0.434. The molecule has 7 aromatic rings. The lowest BCUT2D eigenvalue weighted by Crippen LogP contribution is -2.03. The molecule has 0 fully saturated rings. The van der Waals surface area contributed by atoms with Crippen LogP contribution in [0.15, 0.2) is 103 Å². The van der Waals surface area contributed by atoms with E-state index >= 15 is 0 Å². The minimum atomic E-state index is 0.434. The highest BCUT2D eigenvalue weighted by molar-refractivity contribution is 5.94. The second kappa shape index (κ2) is 8.33. The molecular weight excluding hydrogens is 458 g/mol. The number of para-hydroxylation sites is 2. The van der Waals surface area contributed by atoms with Crippen LogP contribution in [-0.2, 0) is 0 Å². The van der Waals surface area contributed by atoms with Gasteiger partial charge in [0.2, 0.25) is 0 Å². The molecular formula is C30H17N7. The topological polar surface area (TPSA) is 73.2 Å². The molecule has 0 aliphatic rings. The third-order valence-electron chi connectivity index (χ3n) is 6.25. The molecule has 0 aliphatic carbocycles. The van der Waals surface area contributed by atoms with E-state index in [-0.39, 0.29) is 0 Å². The number of imidazole rings is 1. The molecule has 0 radical (unpaired) electrons. The molecule has 0 spiro atoms. The van der Waals surface area contributed by atoms with Crippen molar-refractivity contribution in [2.75, 3.05) is 0 Å². The van der Waals surface area contributed by atoms with Gasteiger partial charge in [-0.05, 0) is 24.3 Å². The van der Waals surface area contributed by atoms with E-state index in [1.54, 1.807) is 6.07 Å². The van der Waals surface area contributed by atoms with E-state index in [2.05, 4.69) is 9.25 Å². The van der Waals surface area contributed by atoms with Crippen molar-refractivity contribution in [1.29, 1.82) is 0 Å². The van der Waals surface area contributed by atoms with Crippen LogP contribution in [0.2, 0.25) is 0 Å². The summed E-state index contributed by atoms with van der Waals surface area (Å²) in [5, 5.41) is 0. The zero-order valence-corrected chi connectivity index (χ0v) is 19.4. The van der Waals surface area contributed by atoms with Gasteiger partial charge in [-0.15, -0.1) is 0 Å². The summed E-state index contributed by atoms with van der Waals surface area (Å²) in [6.07, 6.45) is 0. The van der Waals surface area contributed by atoms with Crippen molar-refractivity contribution in [3.8, 4) is 34.3 Å². The van der Waals surface area contributed by atoms with Gasteiger partial charge in [-0.3, -0.25) is 4.40 Å². The second-order valence-electron chi connectivity index (χ2n) is 8.54. The molecule has 7 nitrogen and oxygen atoms in total. The zero-order valence-electron chi connectivity index (χ0n) is 19.4. The minimum Gasteiger partial charge on any atom is -0.289 e. The summed E-state index contributed by atoms with van der Waals surface area (Å²) < 4.78 is 2.06. The Morgan fingerprint density at radius 1 is 0.541 bits per heavy atom. The summed E-state index contributed by atoms with van der Waals surface area (Å²) in [7, 11) is 0. The Hall–Kier alpha value is -5.48. The van der Waals surface area contributed by atoms with E-state index in [1.807, 2.05) is 97.1 Å². The molecule has 3 heterocycles. The fraction of sp³-hybridized carbons (Fsp3) is 0. The molecule has 3 aromatic heterocycles. The molecule has 0 N–H and O–H groups in total. The molecule has 37 heavy (non-hydrogen) atoms. The van der Waals surface area contributed by atoms with Crippen molar-refractivity contribution in [3.05, 3.63) is 115 Å². The van der Waals surface area contributed by atoms with E-state index in [9.17, 15) is 0 Å². The van der Waals surface area contributed by atoms with Gasteiger partial charge in [0, 0.05) is 11.1 Å². The maximum atomic E-state index is 7.42. The van der Waals surface area contributed by atoms with Crippen LogP contribution in [0, 0.1) is 6.57 Å². The van der Waals surface area contributed by atoms with Crippen molar-refractivity contribution in [3.63, 3.8) is 0 Å². The van der Waals surface area contributed by atoms with Gasteiger partial charge in [-0.1, -0.05) is 78.9 Å². The highest BCUT2D eigenvalue weighted by Crippen LogP contribution is 2.31. The van der Waals surface area contributed by atoms with Crippen molar-refractivity contribution in [1.82, 2.24) is 29.3 Å². The maximum absolute atomic E-state index is 7.42. The fourth-order valence-corrected chi connectivity index (χ4v) is 4.52. The summed E-state index contributed by atoms with van der Waals surface area (Å²) in [6, 6.07) is 33.1. The Kier molecular flexibility index (Phi) is 4.69. The molecule has 0 saturated carbocycles.